The van der Waals surface area contributed by atoms with E-state index in [-0.39, 0.29) is 11.7 Å². The van der Waals surface area contributed by atoms with Crippen molar-refractivity contribution in [1.29, 1.82) is 0 Å². The van der Waals surface area contributed by atoms with Gasteiger partial charge in [-0.1, -0.05) is 65.3 Å². The van der Waals surface area contributed by atoms with E-state index in [1.165, 1.54) is 28.7 Å². The molecular weight excluding hydrogens is 526 g/mol. The smallest absolute Gasteiger partial charge is 0.250 e. The molecule has 3 aromatic carbocycles. The lowest BCUT2D eigenvalue weighted by Crippen LogP contribution is -2.19. The number of carbonyl (C=O) groups excluding carboxylic acids is 1. The van der Waals surface area contributed by atoms with Crippen molar-refractivity contribution in [3.8, 4) is 22.8 Å². The molecule has 0 atom stereocenters. The zero-order valence-electron chi connectivity index (χ0n) is 20.4. The number of hydrogen-bond acceptors (Lipinski definition) is 7. The van der Waals surface area contributed by atoms with E-state index in [1.807, 2.05) is 66.9 Å². The monoisotopic (exact) mass is 551 g/mol. The molecule has 37 heavy (non-hydrogen) atoms. The number of hydrazone groups is 1. The van der Waals surface area contributed by atoms with Crippen LogP contribution in [0.3, 0.4) is 0 Å². The molecule has 0 bridgehead atoms. The molecule has 1 heterocycles. The number of halogens is 1. The summed E-state index contributed by atoms with van der Waals surface area (Å²) in [5.41, 5.74) is 7.48. The molecule has 190 valence electrons. The normalized spacial score (nSPS) is 11.0. The van der Waals surface area contributed by atoms with Crippen LogP contribution in [-0.4, -0.2) is 29.5 Å². The topological polar surface area (TPSA) is 72.8 Å². The lowest BCUT2D eigenvalue weighted by Gasteiger charge is -2.12. The third-order valence-corrected chi connectivity index (χ3v) is 7.41. The van der Waals surface area contributed by atoms with E-state index in [9.17, 15) is 4.79 Å². The van der Waals surface area contributed by atoms with Crippen LogP contribution < -0.4 is 14.9 Å². The van der Waals surface area contributed by atoms with E-state index >= 15 is 0 Å². The van der Waals surface area contributed by atoms with E-state index in [1.54, 1.807) is 6.21 Å². The number of amides is 1. The SMILES string of the molecule is CCOc1cc(/C=N/NC(=O)CSc2nc(-c3ccc(Cl)cc3)cs2)ccc1OCc1ccc(C)cc1. The summed E-state index contributed by atoms with van der Waals surface area (Å²) in [7, 11) is 0. The zero-order chi connectivity index (χ0) is 26.0. The van der Waals surface area contributed by atoms with Crippen LogP contribution >= 0.6 is 34.7 Å². The molecule has 1 N–H and O–H groups in total. The fourth-order valence-electron chi connectivity index (χ4n) is 3.25. The second kappa shape index (κ2) is 13.3. The highest BCUT2D eigenvalue weighted by Gasteiger charge is 2.09. The molecule has 0 saturated heterocycles. The highest BCUT2D eigenvalue weighted by atomic mass is 35.5. The largest absolute Gasteiger partial charge is 0.490 e. The number of aromatic nitrogens is 1. The molecule has 9 heteroatoms. The van der Waals surface area contributed by atoms with Gasteiger partial charge in [-0.15, -0.1) is 11.3 Å². The van der Waals surface area contributed by atoms with Crippen LogP contribution in [0.25, 0.3) is 11.3 Å². The van der Waals surface area contributed by atoms with Gasteiger partial charge in [0.15, 0.2) is 15.8 Å². The molecule has 1 aromatic heterocycles. The Hall–Kier alpha value is -3.33. The summed E-state index contributed by atoms with van der Waals surface area (Å²) < 4.78 is 12.5. The fourth-order valence-corrected chi connectivity index (χ4v) is 5.01. The maximum Gasteiger partial charge on any atom is 0.250 e. The molecule has 0 radical (unpaired) electrons. The van der Waals surface area contributed by atoms with Gasteiger partial charge in [0.1, 0.15) is 6.61 Å². The summed E-state index contributed by atoms with van der Waals surface area (Å²) in [6.07, 6.45) is 1.58. The lowest BCUT2D eigenvalue weighted by molar-refractivity contribution is -0.118. The average molecular weight is 552 g/mol. The summed E-state index contributed by atoms with van der Waals surface area (Å²) >= 11 is 8.81. The van der Waals surface area contributed by atoms with E-state index in [4.69, 9.17) is 21.1 Å². The Balaban J connectivity index is 1.28. The second-order valence-electron chi connectivity index (χ2n) is 8.00. The van der Waals surface area contributed by atoms with E-state index in [2.05, 4.69) is 34.6 Å². The maximum atomic E-state index is 12.3. The summed E-state index contributed by atoms with van der Waals surface area (Å²) in [6.45, 7) is 4.93. The van der Waals surface area contributed by atoms with Crippen molar-refractivity contribution in [3.63, 3.8) is 0 Å². The molecule has 0 saturated carbocycles. The maximum absolute atomic E-state index is 12.3. The molecule has 0 aliphatic rings. The number of ether oxygens (including phenoxy) is 2. The molecule has 4 aromatic rings. The molecule has 0 unspecified atom stereocenters. The van der Waals surface area contributed by atoms with E-state index < -0.39 is 0 Å². The minimum atomic E-state index is -0.215. The van der Waals surface area contributed by atoms with Gasteiger partial charge in [0.2, 0.25) is 0 Å². The average Bonchev–Trinajstić information content (AvgIpc) is 3.38. The first-order valence-corrected chi connectivity index (χ1v) is 13.9. The van der Waals surface area contributed by atoms with Gasteiger partial charge in [-0.3, -0.25) is 4.79 Å². The Bertz CT molecular complexity index is 1360. The van der Waals surface area contributed by atoms with Crippen molar-refractivity contribution in [2.75, 3.05) is 12.4 Å². The molecule has 4 rings (SSSR count). The van der Waals surface area contributed by atoms with Crippen LogP contribution in [0.5, 0.6) is 11.5 Å². The summed E-state index contributed by atoms with van der Waals surface area (Å²) in [5.74, 6) is 1.27. The molecule has 6 nitrogen and oxygen atoms in total. The number of nitrogens with one attached hydrogen (secondary N) is 1. The molecule has 0 fully saturated rings. The van der Waals surface area contributed by atoms with Gasteiger partial charge in [0, 0.05) is 16.0 Å². The minimum Gasteiger partial charge on any atom is -0.490 e. The van der Waals surface area contributed by atoms with Crippen LogP contribution in [0.4, 0.5) is 0 Å². The van der Waals surface area contributed by atoms with Crippen molar-refractivity contribution < 1.29 is 14.3 Å². The molecular formula is C28H26ClN3O3S2. The molecule has 0 aliphatic heterocycles. The minimum absolute atomic E-state index is 0.209. The Kier molecular flexibility index (Phi) is 9.59. The van der Waals surface area contributed by atoms with Crippen LogP contribution in [0.15, 0.2) is 81.6 Å². The number of thioether (sulfide) groups is 1. The number of thiazole rings is 1. The molecule has 1 amide bonds. The number of benzene rings is 3. The lowest BCUT2D eigenvalue weighted by atomic mass is 10.2. The number of carbonyl (C=O) groups is 1. The van der Waals surface area contributed by atoms with Crippen molar-refractivity contribution in [2.24, 2.45) is 5.10 Å². The number of nitrogens with zero attached hydrogens (tertiary/aromatic N) is 2. The van der Waals surface area contributed by atoms with Crippen molar-refractivity contribution in [3.05, 3.63) is 93.8 Å². The number of aryl methyl sites for hydroxylation is 1. The van der Waals surface area contributed by atoms with Gasteiger partial charge in [-0.2, -0.15) is 5.10 Å². The van der Waals surface area contributed by atoms with Crippen LogP contribution in [-0.2, 0) is 11.4 Å². The zero-order valence-corrected chi connectivity index (χ0v) is 22.8. The fraction of sp³-hybridized carbons (Fsp3) is 0.179. The van der Waals surface area contributed by atoms with Gasteiger partial charge in [-0.25, -0.2) is 10.4 Å². The number of rotatable bonds is 11. The van der Waals surface area contributed by atoms with Gasteiger partial charge >= 0.3 is 0 Å². The third-order valence-electron chi connectivity index (χ3n) is 5.14. The molecule has 0 aliphatic carbocycles. The highest BCUT2D eigenvalue weighted by Crippen LogP contribution is 2.30. The Morgan fingerprint density at radius 2 is 1.86 bits per heavy atom. The third kappa shape index (κ3) is 8.08. The first-order valence-electron chi connectivity index (χ1n) is 11.6. The Labute approximate surface area is 229 Å². The van der Waals surface area contributed by atoms with Gasteiger partial charge in [-0.05, 0) is 55.3 Å². The second-order valence-corrected chi connectivity index (χ2v) is 10.5. The van der Waals surface area contributed by atoms with Crippen LogP contribution in [0, 0.1) is 6.92 Å². The first kappa shape index (κ1) is 26.7. The first-order chi connectivity index (χ1) is 18.0. The predicted molar refractivity (Wildman–Crippen MR) is 152 cm³/mol. The summed E-state index contributed by atoms with van der Waals surface area (Å²) in [4.78, 5) is 16.8. The van der Waals surface area contributed by atoms with Crippen molar-refractivity contribution in [1.82, 2.24) is 10.4 Å². The van der Waals surface area contributed by atoms with E-state index in [0.717, 1.165) is 26.7 Å². The van der Waals surface area contributed by atoms with Crippen LogP contribution in [0.2, 0.25) is 5.02 Å². The van der Waals surface area contributed by atoms with Crippen LogP contribution in [0.1, 0.15) is 23.6 Å². The highest BCUT2D eigenvalue weighted by molar-refractivity contribution is 8.01. The predicted octanol–water partition coefficient (Wildman–Crippen LogP) is 6.99. The van der Waals surface area contributed by atoms with Gasteiger partial charge in [0.05, 0.1) is 24.3 Å². The van der Waals surface area contributed by atoms with Gasteiger partial charge in [0.25, 0.3) is 5.91 Å². The quantitative estimate of drug-likeness (QED) is 0.123. The Morgan fingerprint density at radius 3 is 2.62 bits per heavy atom. The van der Waals surface area contributed by atoms with Crippen molar-refractivity contribution >= 4 is 46.8 Å². The molecule has 0 spiro atoms. The van der Waals surface area contributed by atoms with E-state index in [0.29, 0.717) is 29.7 Å². The standard InChI is InChI=1S/C28H26ClN3O3S2/c1-3-34-26-14-21(8-13-25(26)35-16-20-6-4-19(2)5-7-20)15-30-32-27(33)18-37-28-31-24(17-36-28)22-9-11-23(29)12-10-22/h4-15,17H,3,16,18H2,1-2H3,(H,32,33)/b30-15+. The summed E-state index contributed by atoms with van der Waals surface area (Å²) in [6, 6.07) is 21.3. The number of hydrogen-bond donors (Lipinski definition) is 1. The van der Waals surface area contributed by atoms with Crippen molar-refractivity contribution in [2.45, 2.75) is 24.8 Å². The Morgan fingerprint density at radius 1 is 1.08 bits per heavy atom. The summed E-state index contributed by atoms with van der Waals surface area (Å²) in [5, 5.41) is 6.73. The van der Waals surface area contributed by atoms with Gasteiger partial charge < -0.3 is 9.47 Å².